The summed E-state index contributed by atoms with van der Waals surface area (Å²) in [6.45, 7) is 6.91. The Kier molecular flexibility index (Phi) is 4.05. The van der Waals surface area contributed by atoms with E-state index in [4.69, 9.17) is 4.74 Å². The van der Waals surface area contributed by atoms with Crippen molar-refractivity contribution < 1.29 is 4.74 Å². The Bertz CT molecular complexity index is 395. The molecule has 1 atom stereocenters. The number of hydrogen-bond acceptors (Lipinski definition) is 6. The average Bonchev–Trinajstić information content (AvgIpc) is 3.06. The SMILES string of the molecule is CN1CCN(Cc2nnnn2CC2CCCO2)CC1. The first-order valence-electron chi connectivity index (χ1n) is 7.09. The Labute approximate surface area is 113 Å². The Morgan fingerprint density at radius 2 is 2.11 bits per heavy atom. The Balaban J connectivity index is 1.57. The maximum Gasteiger partial charge on any atom is 0.165 e. The molecule has 2 saturated heterocycles. The van der Waals surface area contributed by atoms with Gasteiger partial charge in [0.05, 0.1) is 19.2 Å². The molecular weight excluding hydrogens is 244 g/mol. The van der Waals surface area contributed by atoms with Gasteiger partial charge in [-0.3, -0.25) is 4.90 Å². The van der Waals surface area contributed by atoms with Gasteiger partial charge < -0.3 is 9.64 Å². The first kappa shape index (κ1) is 13.0. The van der Waals surface area contributed by atoms with Crippen LogP contribution in [-0.2, 0) is 17.8 Å². The smallest absolute Gasteiger partial charge is 0.165 e. The van der Waals surface area contributed by atoms with E-state index >= 15 is 0 Å². The van der Waals surface area contributed by atoms with Gasteiger partial charge in [-0.1, -0.05) is 0 Å². The van der Waals surface area contributed by atoms with Crippen LogP contribution in [0.5, 0.6) is 0 Å². The minimum atomic E-state index is 0.287. The second kappa shape index (κ2) is 5.94. The van der Waals surface area contributed by atoms with Gasteiger partial charge in [-0.05, 0) is 30.3 Å². The summed E-state index contributed by atoms with van der Waals surface area (Å²) in [5.74, 6) is 0.958. The van der Waals surface area contributed by atoms with Crippen molar-refractivity contribution in [1.29, 1.82) is 0 Å². The molecule has 2 aliphatic heterocycles. The molecule has 3 heterocycles. The standard InChI is InChI=1S/C12H22N6O/c1-16-4-6-17(7-5-16)10-12-13-14-15-18(12)9-11-3-2-8-19-11/h11H,2-10H2,1H3. The topological polar surface area (TPSA) is 59.3 Å². The largest absolute Gasteiger partial charge is 0.376 e. The zero-order chi connectivity index (χ0) is 13.1. The summed E-state index contributed by atoms with van der Waals surface area (Å²) in [6, 6.07) is 0. The highest BCUT2D eigenvalue weighted by Crippen LogP contribution is 2.14. The second-order valence-corrected chi connectivity index (χ2v) is 5.49. The van der Waals surface area contributed by atoms with Gasteiger partial charge in [0, 0.05) is 32.8 Å². The zero-order valence-corrected chi connectivity index (χ0v) is 11.5. The van der Waals surface area contributed by atoms with Gasteiger partial charge >= 0.3 is 0 Å². The van der Waals surface area contributed by atoms with Crippen LogP contribution in [0.2, 0.25) is 0 Å². The van der Waals surface area contributed by atoms with Gasteiger partial charge in [0.1, 0.15) is 0 Å². The van der Waals surface area contributed by atoms with Gasteiger partial charge in [0.25, 0.3) is 0 Å². The monoisotopic (exact) mass is 266 g/mol. The molecule has 1 unspecified atom stereocenters. The number of likely N-dealkylation sites (N-methyl/N-ethyl adjacent to an activating group) is 1. The third-order valence-corrected chi connectivity index (χ3v) is 3.97. The van der Waals surface area contributed by atoms with E-state index in [1.807, 2.05) is 4.68 Å². The van der Waals surface area contributed by atoms with Gasteiger partial charge in [-0.25, -0.2) is 4.68 Å². The van der Waals surface area contributed by atoms with Gasteiger partial charge in [-0.15, -0.1) is 5.10 Å². The molecule has 2 fully saturated rings. The van der Waals surface area contributed by atoms with Crippen LogP contribution < -0.4 is 0 Å². The molecule has 0 spiro atoms. The predicted octanol–water partition coefficient (Wildman–Crippen LogP) is -0.400. The Morgan fingerprint density at radius 1 is 1.26 bits per heavy atom. The van der Waals surface area contributed by atoms with Crippen LogP contribution in [0.25, 0.3) is 0 Å². The zero-order valence-electron chi connectivity index (χ0n) is 11.5. The molecule has 0 aromatic carbocycles. The van der Waals surface area contributed by atoms with E-state index in [0.29, 0.717) is 0 Å². The molecule has 0 amide bonds. The number of ether oxygens (including phenoxy) is 1. The van der Waals surface area contributed by atoms with Crippen molar-refractivity contribution in [2.75, 3.05) is 39.8 Å². The lowest BCUT2D eigenvalue weighted by Gasteiger charge is -2.31. The fourth-order valence-corrected chi connectivity index (χ4v) is 2.67. The highest BCUT2D eigenvalue weighted by Gasteiger charge is 2.21. The van der Waals surface area contributed by atoms with E-state index in [9.17, 15) is 0 Å². The Hall–Kier alpha value is -1.05. The summed E-state index contributed by atoms with van der Waals surface area (Å²) in [4.78, 5) is 4.77. The van der Waals surface area contributed by atoms with E-state index in [-0.39, 0.29) is 6.10 Å². The number of nitrogens with zero attached hydrogens (tertiary/aromatic N) is 6. The molecule has 1 aromatic rings. The number of piperazine rings is 1. The summed E-state index contributed by atoms with van der Waals surface area (Å²) in [5.41, 5.74) is 0. The molecule has 0 radical (unpaired) electrons. The van der Waals surface area contributed by atoms with Crippen molar-refractivity contribution in [2.45, 2.75) is 32.0 Å². The minimum Gasteiger partial charge on any atom is -0.376 e. The molecule has 106 valence electrons. The van der Waals surface area contributed by atoms with Crippen molar-refractivity contribution >= 4 is 0 Å². The normalized spacial score (nSPS) is 26.1. The maximum absolute atomic E-state index is 5.65. The minimum absolute atomic E-state index is 0.287. The molecule has 0 saturated carbocycles. The van der Waals surface area contributed by atoms with Crippen LogP contribution in [0.1, 0.15) is 18.7 Å². The molecule has 0 aliphatic carbocycles. The molecule has 7 heteroatoms. The van der Waals surface area contributed by atoms with Gasteiger partial charge in [-0.2, -0.15) is 0 Å². The number of tetrazole rings is 1. The van der Waals surface area contributed by atoms with Crippen molar-refractivity contribution in [3.05, 3.63) is 5.82 Å². The molecular formula is C12H22N6O. The number of rotatable bonds is 4. The summed E-state index contributed by atoms with van der Waals surface area (Å²) in [7, 11) is 2.17. The fraction of sp³-hybridized carbons (Fsp3) is 0.917. The van der Waals surface area contributed by atoms with E-state index < -0.39 is 0 Å². The lowest BCUT2D eigenvalue weighted by Crippen LogP contribution is -2.44. The highest BCUT2D eigenvalue weighted by molar-refractivity contribution is 4.84. The molecule has 0 bridgehead atoms. The van der Waals surface area contributed by atoms with Crippen LogP contribution in [0, 0.1) is 0 Å². The highest BCUT2D eigenvalue weighted by atomic mass is 16.5. The summed E-state index contributed by atoms with van der Waals surface area (Å²) < 4.78 is 7.56. The first-order chi connectivity index (χ1) is 9.31. The fourth-order valence-electron chi connectivity index (χ4n) is 2.67. The number of aromatic nitrogens is 4. The lowest BCUT2D eigenvalue weighted by molar-refractivity contribution is 0.0904. The average molecular weight is 266 g/mol. The van der Waals surface area contributed by atoms with Crippen LogP contribution in [0.3, 0.4) is 0 Å². The predicted molar refractivity (Wildman–Crippen MR) is 69.6 cm³/mol. The van der Waals surface area contributed by atoms with E-state index in [0.717, 1.165) is 64.5 Å². The van der Waals surface area contributed by atoms with Crippen LogP contribution in [0.4, 0.5) is 0 Å². The molecule has 0 N–H and O–H groups in total. The van der Waals surface area contributed by atoms with Gasteiger partial charge in [0.2, 0.25) is 0 Å². The third-order valence-electron chi connectivity index (χ3n) is 3.97. The van der Waals surface area contributed by atoms with Crippen molar-refractivity contribution in [1.82, 2.24) is 30.0 Å². The molecule has 3 rings (SSSR count). The molecule has 19 heavy (non-hydrogen) atoms. The van der Waals surface area contributed by atoms with Crippen molar-refractivity contribution in [3.8, 4) is 0 Å². The lowest BCUT2D eigenvalue weighted by atomic mass is 10.2. The van der Waals surface area contributed by atoms with Gasteiger partial charge in [0.15, 0.2) is 5.82 Å². The summed E-state index contributed by atoms with van der Waals surface area (Å²) >= 11 is 0. The molecule has 1 aromatic heterocycles. The maximum atomic E-state index is 5.65. The third kappa shape index (κ3) is 3.29. The summed E-state index contributed by atoms with van der Waals surface area (Å²) in [6.07, 6.45) is 2.56. The van der Waals surface area contributed by atoms with E-state index in [1.165, 1.54) is 0 Å². The molecule has 2 aliphatic rings. The van der Waals surface area contributed by atoms with Crippen molar-refractivity contribution in [3.63, 3.8) is 0 Å². The van der Waals surface area contributed by atoms with Crippen LogP contribution in [0.15, 0.2) is 0 Å². The molecule has 7 nitrogen and oxygen atoms in total. The van der Waals surface area contributed by atoms with Crippen LogP contribution >= 0.6 is 0 Å². The van der Waals surface area contributed by atoms with Crippen LogP contribution in [-0.4, -0.2) is 75.9 Å². The quantitative estimate of drug-likeness (QED) is 0.739. The van der Waals surface area contributed by atoms with Crippen molar-refractivity contribution in [2.24, 2.45) is 0 Å². The Morgan fingerprint density at radius 3 is 2.84 bits per heavy atom. The number of hydrogen-bond donors (Lipinski definition) is 0. The summed E-state index contributed by atoms with van der Waals surface area (Å²) in [5, 5.41) is 12.1. The van der Waals surface area contributed by atoms with E-state index in [2.05, 4.69) is 32.4 Å². The second-order valence-electron chi connectivity index (χ2n) is 5.49. The van der Waals surface area contributed by atoms with E-state index in [1.54, 1.807) is 0 Å². The first-order valence-corrected chi connectivity index (χ1v) is 7.09.